The first kappa shape index (κ1) is 71.4. The van der Waals surface area contributed by atoms with Gasteiger partial charge in [-0.2, -0.15) is 14.7 Å². The summed E-state index contributed by atoms with van der Waals surface area (Å²) in [5.41, 5.74) is -3.04. The second-order valence-electron chi connectivity index (χ2n) is 21.5. The monoisotopic (exact) mass is 1030 g/mol. The SMILES string of the molecule is CCCCCCCCCCCCCCCCCCC(O)(CO)C(CCCCCCCCCCCCCCCCCC)(CCCCCCCCCCCCCCCCCC)O[P+](O)(O)O.O=P(O)(O)O. The summed E-state index contributed by atoms with van der Waals surface area (Å²) < 4.78 is 14.8. The molecule has 0 spiro atoms. The Balaban J connectivity index is 0. The lowest BCUT2D eigenvalue weighted by atomic mass is 9.73. The Morgan fingerprint density at radius 1 is 0.333 bits per heavy atom. The van der Waals surface area contributed by atoms with Gasteiger partial charge in [-0.25, -0.2) is 4.57 Å². The molecule has 1 atom stereocenters. The predicted octanol–water partition coefficient (Wildman–Crippen LogP) is 18.1. The highest BCUT2D eigenvalue weighted by atomic mass is 31.2. The Morgan fingerprint density at radius 2 is 0.493 bits per heavy atom. The average molecular weight is 1030 g/mol. The molecule has 0 heterocycles. The minimum Gasteiger partial charge on any atom is -0.393 e. The fraction of sp³-hybridized carbons (Fsp3) is 1.00. The Bertz CT molecular complexity index is 1010. The Hall–Kier alpha value is 0.300. The average Bonchev–Trinajstić information content (AvgIpc) is 3.29. The van der Waals surface area contributed by atoms with Crippen LogP contribution < -0.4 is 0 Å². The topological polar surface area (TPSA) is 188 Å². The molecule has 0 aromatic carbocycles. The van der Waals surface area contributed by atoms with Crippen LogP contribution in [0.15, 0.2) is 0 Å². The van der Waals surface area contributed by atoms with Crippen LogP contribution in [0.5, 0.6) is 0 Å². The molecule has 1 unspecified atom stereocenters. The van der Waals surface area contributed by atoms with Crippen molar-refractivity contribution in [2.45, 2.75) is 359 Å². The minimum atomic E-state index is -4.68. The summed E-state index contributed by atoms with van der Waals surface area (Å²) in [5.74, 6) is 0. The van der Waals surface area contributed by atoms with Crippen LogP contribution in [0.25, 0.3) is 0 Å². The standard InChI is InChI=1S/C57H118O6P.H3O4P/c1-4-7-10-13-16-19-22-25-28-31-34-37-40-43-46-49-52-56(59,55-58)57(63-64(60,61)62,53-50-47-44-41-38-35-32-29-26-23-20-17-14-11-8-5-2)54-51-48-45-42-39-36-33-30-27-24-21-18-15-12-9-6-3;1-5(2,3)4/h58-62H,4-55H2,1-3H3;(H3,1,2,3,4)/q+1;. The molecule has 0 saturated heterocycles. The molecular weight excluding hydrogens is 907 g/mol. The lowest BCUT2D eigenvalue weighted by molar-refractivity contribution is -0.181. The molecule has 0 amide bonds. The van der Waals surface area contributed by atoms with Gasteiger partial charge in [-0.05, 0) is 19.3 Å². The summed E-state index contributed by atoms with van der Waals surface area (Å²) in [6.07, 6.45) is 62.0. The van der Waals surface area contributed by atoms with E-state index in [-0.39, 0.29) is 0 Å². The van der Waals surface area contributed by atoms with Gasteiger partial charge in [0.1, 0.15) is 5.60 Å². The lowest BCUT2D eigenvalue weighted by Crippen LogP contribution is -2.58. The maximum atomic E-state index is 12.3. The molecule has 0 radical (unpaired) electrons. The number of rotatable bonds is 55. The third-order valence-corrected chi connectivity index (χ3v) is 15.3. The molecule has 0 bridgehead atoms. The zero-order chi connectivity index (χ0) is 51.5. The summed E-state index contributed by atoms with van der Waals surface area (Å²) in [6.45, 7) is 6.33. The molecule has 0 aromatic rings. The summed E-state index contributed by atoms with van der Waals surface area (Å²) in [7, 11) is -9.32. The second kappa shape index (κ2) is 51.8. The van der Waals surface area contributed by atoms with Crippen LogP contribution >= 0.6 is 16.0 Å². The van der Waals surface area contributed by atoms with Gasteiger partial charge in [0.2, 0.25) is 0 Å². The number of aliphatic hydroxyl groups excluding tert-OH is 1. The molecule has 0 aliphatic carbocycles. The Labute approximate surface area is 429 Å². The van der Waals surface area contributed by atoms with E-state index in [4.69, 9.17) is 23.8 Å². The van der Waals surface area contributed by atoms with E-state index in [9.17, 15) is 24.9 Å². The molecule has 0 aromatic heterocycles. The van der Waals surface area contributed by atoms with Crippen LogP contribution in [-0.4, -0.2) is 57.4 Å². The van der Waals surface area contributed by atoms with Gasteiger partial charge >= 0.3 is 16.0 Å². The van der Waals surface area contributed by atoms with Crippen molar-refractivity contribution in [2.24, 2.45) is 0 Å². The molecule has 0 aliphatic rings. The van der Waals surface area contributed by atoms with Crippen molar-refractivity contribution in [3.8, 4) is 0 Å². The van der Waals surface area contributed by atoms with Crippen molar-refractivity contribution in [3.05, 3.63) is 0 Å². The zero-order valence-corrected chi connectivity index (χ0v) is 47.8. The van der Waals surface area contributed by atoms with Crippen LogP contribution in [0.2, 0.25) is 0 Å². The number of aliphatic hydroxyl groups is 2. The Kier molecular flexibility index (Phi) is 53.6. The molecule has 8 N–H and O–H groups in total. The molecule has 0 fully saturated rings. The van der Waals surface area contributed by atoms with Crippen molar-refractivity contribution in [3.63, 3.8) is 0 Å². The zero-order valence-electron chi connectivity index (χ0n) is 46.1. The lowest BCUT2D eigenvalue weighted by Gasteiger charge is -2.44. The fourth-order valence-corrected chi connectivity index (χ4v) is 11.2. The molecule has 418 valence electrons. The minimum absolute atomic E-state index is 0.333. The second-order valence-corrected chi connectivity index (χ2v) is 23.7. The van der Waals surface area contributed by atoms with Gasteiger partial charge in [0.25, 0.3) is 0 Å². The van der Waals surface area contributed by atoms with Crippen molar-refractivity contribution in [1.29, 1.82) is 0 Å². The van der Waals surface area contributed by atoms with E-state index < -0.39 is 33.8 Å². The van der Waals surface area contributed by atoms with Crippen molar-refractivity contribution in [2.75, 3.05) is 6.61 Å². The third kappa shape index (κ3) is 52.9. The number of hydrogen-bond donors (Lipinski definition) is 8. The predicted molar refractivity (Wildman–Crippen MR) is 296 cm³/mol. The molecule has 10 nitrogen and oxygen atoms in total. The smallest absolute Gasteiger partial charge is 0.393 e. The highest BCUT2D eigenvalue weighted by molar-refractivity contribution is 7.53. The summed E-state index contributed by atoms with van der Waals surface area (Å²) in [4.78, 5) is 52.8. The van der Waals surface area contributed by atoms with Crippen LogP contribution in [0.4, 0.5) is 0 Å². The van der Waals surface area contributed by atoms with E-state index in [1.807, 2.05) is 0 Å². The van der Waals surface area contributed by atoms with Gasteiger partial charge < -0.3 is 24.9 Å². The molecule has 69 heavy (non-hydrogen) atoms. The van der Waals surface area contributed by atoms with Crippen LogP contribution in [0.3, 0.4) is 0 Å². The number of unbranched alkanes of at least 4 members (excludes halogenated alkanes) is 45. The van der Waals surface area contributed by atoms with Crippen LogP contribution in [-0.2, 0) is 9.09 Å². The maximum absolute atomic E-state index is 12.3. The largest absolute Gasteiger partial charge is 0.568 e. The summed E-state index contributed by atoms with van der Waals surface area (Å²) >= 11 is 0. The first-order valence-electron chi connectivity index (χ1n) is 30.1. The molecule has 0 aliphatic heterocycles. The first-order valence-corrected chi connectivity index (χ1v) is 33.2. The highest BCUT2D eigenvalue weighted by Gasteiger charge is 2.58. The Morgan fingerprint density at radius 3 is 0.652 bits per heavy atom. The highest BCUT2D eigenvalue weighted by Crippen LogP contribution is 2.56. The van der Waals surface area contributed by atoms with Gasteiger partial charge in [0.05, 0.1) is 6.61 Å². The van der Waals surface area contributed by atoms with E-state index in [0.29, 0.717) is 19.3 Å². The van der Waals surface area contributed by atoms with Gasteiger partial charge in [-0.1, -0.05) is 329 Å². The number of hydrogen-bond acceptors (Lipinski definition) is 7. The van der Waals surface area contributed by atoms with Gasteiger partial charge in [0.15, 0.2) is 5.60 Å². The van der Waals surface area contributed by atoms with Gasteiger partial charge in [-0.3, -0.25) is 0 Å². The van der Waals surface area contributed by atoms with Crippen molar-refractivity contribution >= 4 is 16.0 Å². The molecule has 0 saturated carbocycles. The van der Waals surface area contributed by atoms with Gasteiger partial charge in [0, 0.05) is 0 Å². The van der Waals surface area contributed by atoms with Crippen molar-refractivity contribution in [1.82, 2.24) is 0 Å². The molecule has 0 rings (SSSR count). The quantitative estimate of drug-likeness (QED) is 0.0215. The van der Waals surface area contributed by atoms with E-state index in [2.05, 4.69) is 20.8 Å². The van der Waals surface area contributed by atoms with Crippen LogP contribution in [0, 0.1) is 0 Å². The van der Waals surface area contributed by atoms with Gasteiger partial charge in [-0.15, -0.1) is 4.52 Å². The van der Waals surface area contributed by atoms with E-state index >= 15 is 0 Å². The van der Waals surface area contributed by atoms with E-state index in [1.165, 1.54) is 250 Å². The normalized spacial score (nSPS) is 13.2. The maximum Gasteiger partial charge on any atom is 0.568 e. The molecule has 12 heteroatoms. The van der Waals surface area contributed by atoms with E-state index in [1.54, 1.807) is 0 Å². The van der Waals surface area contributed by atoms with E-state index in [0.717, 1.165) is 57.8 Å². The van der Waals surface area contributed by atoms with Crippen LogP contribution in [0.1, 0.15) is 348 Å². The first-order chi connectivity index (χ1) is 33.2. The number of phosphoric acid groups is 1. The third-order valence-electron chi connectivity index (χ3n) is 14.7. The molecular formula is C57H121O10P2+. The summed E-state index contributed by atoms with van der Waals surface area (Å²) in [5, 5.41) is 23.1. The summed E-state index contributed by atoms with van der Waals surface area (Å²) in [6, 6.07) is 0. The van der Waals surface area contributed by atoms with Crippen molar-refractivity contribution < 1.29 is 48.7 Å². The fourth-order valence-electron chi connectivity index (χ4n) is 10.3.